The molecule has 112 valence electrons. The Morgan fingerprint density at radius 3 is 2.65 bits per heavy atom. The van der Waals surface area contributed by atoms with Crippen molar-refractivity contribution >= 4 is 17.6 Å². The summed E-state index contributed by atoms with van der Waals surface area (Å²) < 4.78 is 5.58. The van der Waals surface area contributed by atoms with Crippen LogP contribution in [0.3, 0.4) is 0 Å². The highest BCUT2D eigenvalue weighted by Crippen LogP contribution is 2.21. The van der Waals surface area contributed by atoms with Gasteiger partial charge in [-0.3, -0.25) is 0 Å². The summed E-state index contributed by atoms with van der Waals surface area (Å²) in [4.78, 5) is 13.4. The molecule has 0 atom stereocenters. The predicted octanol–water partition coefficient (Wildman–Crippen LogP) is 1.89. The van der Waals surface area contributed by atoms with Crippen molar-refractivity contribution < 1.29 is 9.53 Å². The Morgan fingerprint density at radius 1 is 1.30 bits per heavy atom. The van der Waals surface area contributed by atoms with Gasteiger partial charge in [-0.2, -0.15) is 0 Å². The number of urea groups is 1. The molecule has 0 saturated heterocycles. The SMILES string of the molecule is Cc1cc(Cl)ccc1OCCNC(=O)NCCN(C)C. The number of nitrogens with zero attached hydrogens (tertiary/aromatic N) is 1. The Labute approximate surface area is 125 Å². The van der Waals surface area contributed by atoms with E-state index in [9.17, 15) is 4.79 Å². The molecular formula is C14H22ClN3O2. The highest BCUT2D eigenvalue weighted by molar-refractivity contribution is 6.30. The molecule has 20 heavy (non-hydrogen) atoms. The van der Waals surface area contributed by atoms with E-state index in [-0.39, 0.29) is 6.03 Å². The molecule has 2 amide bonds. The Bertz CT molecular complexity index is 438. The molecule has 5 nitrogen and oxygen atoms in total. The number of carbonyl (C=O) groups is 1. The van der Waals surface area contributed by atoms with Gasteiger partial charge < -0.3 is 20.3 Å². The average molecular weight is 300 g/mol. The molecular weight excluding hydrogens is 278 g/mol. The van der Waals surface area contributed by atoms with E-state index in [0.717, 1.165) is 17.9 Å². The molecule has 0 heterocycles. The fourth-order valence-electron chi connectivity index (χ4n) is 1.56. The van der Waals surface area contributed by atoms with Crippen molar-refractivity contribution in [3.8, 4) is 5.75 Å². The van der Waals surface area contributed by atoms with Gasteiger partial charge in [-0.15, -0.1) is 0 Å². The van der Waals surface area contributed by atoms with E-state index in [1.807, 2.05) is 38.1 Å². The second-order valence-electron chi connectivity index (χ2n) is 4.74. The minimum absolute atomic E-state index is 0.178. The number of rotatable bonds is 7. The molecule has 0 aliphatic carbocycles. The van der Waals surface area contributed by atoms with Crippen LogP contribution in [0.15, 0.2) is 18.2 Å². The van der Waals surface area contributed by atoms with E-state index in [1.165, 1.54) is 0 Å². The average Bonchev–Trinajstić information content (AvgIpc) is 2.36. The second kappa shape index (κ2) is 8.66. The molecule has 0 aliphatic rings. The lowest BCUT2D eigenvalue weighted by molar-refractivity contribution is 0.235. The number of ether oxygens (including phenoxy) is 1. The van der Waals surface area contributed by atoms with Crippen molar-refractivity contribution in [1.29, 1.82) is 0 Å². The van der Waals surface area contributed by atoms with Crippen molar-refractivity contribution in [3.05, 3.63) is 28.8 Å². The summed E-state index contributed by atoms with van der Waals surface area (Å²) >= 11 is 5.87. The Hall–Kier alpha value is -1.46. The molecule has 0 bridgehead atoms. The van der Waals surface area contributed by atoms with Crippen LogP contribution in [0.4, 0.5) is 4.79 Å². The monoisotopic (exact) mass is 299 g/mol. The number of likely N-dealkylation sites (N-methyl/N-ethyl adjacent to an activating group) is 1. The zero-order valence-corrected chi connectivity index (χ0v) is 13.0. The highest BCUT2D eigenvalue weighted by atomic mass is 35.5. The first-order chi connectivity index (χ1) is 9.49. The lowest BCUT2D eigenvalue weighted by Crippen LogP contribution is -2.40. The minimum Gasteiger partial charge on any atom is -0.491 e. The Kier molecular flexibility index (Phi) is 7.18. The van der Waals surface area contributed by atoms with Crippen molar-refractivity contribution in [2.24, 2.45) is 0 Å². The van der Waals surface area contributed by atoms with Gasteiger partial charge in [0.1, 0.15) is 12.4 Å². The molecule has 1 rings (SSSR count). The summed E-state index contributed by atoms with van der Waals surface area (Å²) in [6.45, 7) is 4.24. The summed E-state index contributed by atoms with van der Waals surface area (Å²) in [5.74, 6) is 0.782. The van der Waals surface area contributed by atoms with Crippen LogP contribution in [0, 0.1) is 6.92 Å². The number of hydrogen-bond donors (Lipinski definition) is 2. The first-order valence-electron chi connectivity index (χ1n) is 6.54. The van der Waals surface area contributed by atoms with Crippen LogP contribution < -0.4 is 15.4 Å². The van der Waals surface area contributed by atoms with E-state index < -0.39 is 0 Å². The molecule has 0 aliphatic heterocycles. The molecule has 6 heteroatoms. The van der Waals surface area contributed by atoms with Gasteiger partial charge in [-0.05, 0) is 44.8 Å². The van der Waals surface area contributed by atoms with Crippen LogP contribution in [0.1, 0.15) is 5.56 Å². The van der Waals surface area contributed by atoms with E-state index in [2.05, 4.69) is 10.6 Å². The Balaban J connectivity index is 2.16. The molecule has 0 radical (unpaired) electrons. The molecule has 1 aromatic carbocycles. The maximum absolute atomic E-state index is 11.4. The van der Waals surface area contributed by atoms with Crippen molar-refractivity contribution in [2.75, 3.05) is 40.3 Å². The van der Waals surface area contributed by atoms with Crippen molar-refractivity contribution in [2.45, 2.75) is 6.92 Å². The summed E-state index contributed by atoms with van der Waals surface area (Å²) in [5.41, 5.74) is 0.980. The fourth-order valence-corrected chi connectivity index (χ4v) is 1.78. The van der Waals surface area contributed by atoms with Crippen LogP contribution >= 0.6 is 11.6 Å². The molecule has 0 fully saturated rings. The zero-order valence-electron chi connectivity index (χ0n) is 12.2. The zero-order chi connectivity index (χ0) is 15.0. The maximum atomic E-state index is 11.4. The number of nitrogens with one attached hydrogen (secondary N) is 2. The van der Waals surface area contributed by atoms with Crippen LogP contribution in [-0.2, 0) is 0 Å². The highest BCUT2D eigenvalue weighted by Gasteiger charge is 2.02. The van der Waals surface area contributed by atoms with Gasteiger partial charge in [0.15, 0.2) is 0 Å². The third-order valence-electron chi connectivity index (χ3n) is 2.63. The van der Waals surface area contributed by atoms with Gasteiger partial charge in [-0.25, -0.2) is 4.79 Å². The van der Waals surface area contributed by atoms with Gasteiger partial charge in [0, 0.05) is 18.1 Å². The first kappa shape index (κ1) is 16.6. The third kappa shape index (κ3) is 6.63. The number of aryl methyl sites for hydroxylation is 1. The van der Waals surface area contributed by atoms with Gasteiger partial charge in [0.05, 0.1) is 6.54 Å². The molecule has 0 spiro atoms. The molecule has 0 unspecified atom stereocenters. The van der Waals surface area contributed by atoms with Gasteiger partial charge >= 0.3 is 6.03 Å². The van der Waals surface area contributed by atoms with Crippen LogP contribution in [0.5, 0.6) is 5.75 Å². The number of halogens is 1. The van der Waals surface area contributed by atoms with E-state index in [1.54, 1.807) is 6.07 Å². The quantitative estimate of drug-likeness (QED) is 0.756. The van der Waals surface area contributed by atoms with Gasteiger partial charge in [0.2, 0.25) is 0 Å². The maximum Gasteiger partial charge on any atom is 0.314 e. The van der Waals surface area contributed by atoms with Crippen LogP contribution in [0.2, 0.25) is 5.02 Å². The number of amides is 2. The fraction of sp³-hybridized carbons (Fsp3) is 0.500. The normalized spacial score (nSPS) is 10.4. The topological polar surface area (TPSA) is 53.6 Å². The largest absolute Gasteiger partial charge is 0.491 e. The number of carbonyl (C=O) groups excluding carboxylic acids is 1. The summed E-state index contributed by atoms with van der Waals surface area (Å²) in [6, 6.07) is 5.28. The van der Waals surface area contributed by atoms with E-state index in [0.29, 0.717) is 24.7 Å². The number of benzene rings is 1. The molecule has 0 saturated carbocycles. The lowest BCUT2D eigenvalue weighted by Gasteiger charge is -2.12. The van der Waals surface area contributed by atoms with E-state index >= 15 is 0 Å². The molecule has 1 aromatic rings. The van der Waals surface area contributed by atoms with E-state index in [4.69, 9.17) is 16.3 Å². The smallest absolute Gasteiger partial charge is 0.314 e. The standard InChI is InChI=1S/C14H22ClN3O2/c1-11-10-12(15)4-5-13(11)20-9-7-17-14(19)16-6-8-18(2)3/h4-5,10H,6-9H2,1-3H3,(H2,16,17,19). The van der Waals surface area contributed by atoms with Crippen molar-refractivity contribution in [3.63, 3.8) is 0 Å². The lowest BCUT2D eigenvalue weighted by atomic mass is 10.2. The second-order valence-corrected chi connectivity index (χ2v) is 5.18. The molecule has 0 aromatic heterocycles. The van der Waals surface area contributed by atoms with Crippen LogP contribution in [0.25, 0.3) is 0 Å². The Morgan fingerprint density at radius 2 is 2.00 bits per heavy atom. The summed E-state index contributed by atoms with van der Waals surface area (Å²) in [5, 5.41) is 6.19. The predicted molar refractivity (Wildman–Crippen MR) is 81.6 cm³/mol. The number of hydrogen-bond acceptors (Lipinski definition) is 3. The van der Waals surface area contributed by atoms with Crippen LogP contribution in [-0.4, -0.2) is 51.3 Å². The molecule has 2 N–H and O–H groups in total. The third-order valence-corrected chi connectivity index (χ3v) is 2.86. The summed E-state index contributed by atoms with van der Waals surface area (Å²) in [6.07, 6.45) is 0. The minimum atomic E-state index is -0.178. The van der Waals surface area contributed by atoms with Gasteiger partial charge in [0.25, 0.3) is 0 Å². The van der Waals surface area contributed by atoms with Gasteiger partial charge in [-0.1, -0.05) is 11.6 Å². The first-order valence-corrected chi connectivity index (χ1v) is 6.92. The summed E-state index contributed by atoms with van der Waals surface area (Å²) in [7, 11) is 3.92. The van der Waals surface area contributed by atoms with Crippen molar-refractivity contribution in [1.82, 2.24) is 15.5 Å².